The molecule has 0 spiro atoms. The number of hydrogen-bond donors (Lipinski definition) is 2. The minimum absolute atomic E-state index is 0.422. The van der Waals surface area contributed by atoms with Gasteiger partial charge in [-0.3, -0.25) is 0 Å². The summed E-state index contributed by atoms with van der Waals surface area (Å²) in [6.07, 6.45) is 7.64. The normalized spacial score (nSPS) is 28.4. The topological polar surface area (TPSA) is 32.3 Å². The van der Waals surface area contributed by atoms with Gasteiger partial charge < -0.3 is 10.4 Å². The Morgan fingerprint density at radius 1 is 1.24 bits per heavy atom. The third-order valence-corrected chi connectivity index (χ3v) is 5.42. The first-order chi connectivity index (χ1) is 10.2. The molecule has 2 aliphatic rings. The Balaban J connectivity index is 1.87. The van der Waals surface area contributed by atoms with Crippen LogP contribution >= 0.6 is 0 Å². The van der Waals surface area contributed by atoms with Crippen LogP contribution in [0.5, 0.6) is 5.75 Å². The maximum Gasteiger partial charge on any atom is 0.115 e. The van der Waals surface area contributed by atoms with Crippen LogP contribution in [0.2, 0.25) is 0 Å². The number of aromatic hydroxyl groups is 1. The summed E-state index contributed by atoms with van der Waals surface area (Å²) in [6, 6.07) is 6.61. The van der Waals surface area contributed by atoms with Crippen LogP contribution in [-0.2, 0) is 6.42 Å². The van der Waals surface area contributed by atoms with Gasteiger partial charge in [0.25, 0.3) is 0 Å². The number of rotatable bonds is 6. The van der Waals surface area contributed by atoms with Crippen molar-refractivity contribution in [1.29, 1.82) is 0 Å². The second-order valence-electron chi connectivity index (χ2n) is 7.03. The average Bonchev–Trinajstić information content (AvgIpc) is 3.30. The Kier molecular flexibility index (Phi) is 4.54. The fourth-order valence-corrected chi connectivity index (χ4v) is 4.02. The molecule has 0 amide bonds. The molecule has 3 atom stereocenters. The Bertz CT molecular complexity index is 480. The van der Waals surface area contributed by atoms with Gasteiger partial charge in [0.15, 0.2) is 0 Å². The largest absolute Gasteiger partial charge is 0.508 e. The first kappa shape index (κ1) is 14.9. The van der Waals surface area contributed by atoms with Crippen molar-refractivity contribution in [2.45, 2.75) is 64.3 Å². The molecule has 1 aromatic carbocycles. The molecule has 0 bridgehead atoms. The Morgan fingerprint density at radius 2 is 2.05 bits per heavy atom. The molecular weight excluding hydrogens is 258 g/mol. The van der Waals surface area contributed by atoms with E-state index in [9.17, 15) is 5.11 Å². The molecule has 2 N–H and O–H groups in total. The van der Waals surface area contributed by atoms with Crippen molar-refractivity contribution in [3.05, 3.63) is 29.3 Å². The van der Waals surface area contributed by atoms with E-state index in [0.717, 1.165) is 18.3 Å². The maximum absolute atomic E-state index is 9.89. The molecule has 1 saturated carbocycles. The van der Waals surface area contributed by atoms with Crippen LogP contribution in [0, 0.1) is 11.8 Å². The van der Waals surface area contributed by atoms with Gasteiger partial charge in [-0.2, -0.15) is 0 Å². The number of hydrogen-bond acceptors (Lipinski definition) is 2. The molecule has 3 rings (SSSR count). The van der Waals surface area contributed by atoms with Crippen LogP contribution in [-0.4, -0.2) is 17.7 Å². The quantitative estimate of drug-likeness (QED) is 0.821. The van der Waals surface area contributed by atoms with Gasteiger partial charge in [0, 0.05) is 6.04 Å². The highest BCUT2D eigenvalue weighted by Crippen LogP contribution is 2.41. The smallest absolute Gasteiger partial charge is 0.115 e. The minimum Gasteiger partial charge on any atom is -0.508 e. The van der Waals surface area contributed by atoms with E-state index < -0.39 is 0 Å². The SMILES string of the molecule is CCCC1c2cc(O)ccc2CC(CC)C1NCC1CC1. The zero-order chi connectivity index (χ0) is 14.8. The number of nitrogens with one attached hydrogen (secondary N) is 1. The first-order valence-corrected chi connectivity index (χ1v) is 8.78. The summed E-state index contributed by atoms with van der Waals surface area (Å²) in [5.74, 6) is 2.65. The predicted molar refractivity (Wildman–Crippen MR) is 87.8 cm³/mol. The van der Waals surface area contributed by atoms with Gasteiger partial charge in [0.05, 0.1) is 0 Å². The zero-order valence-corrected chi connectivity index (χ0v) is 13.4. The minimum atomic E-state index is 0.422. The number of benzene rings is 1. The molecule has 0 saturated heterocycles. The Morgan fingerprint density at radius 3 is 2.71 bits per heavy atom. The lowest BCUT2D eigenvalue weighted by Gasteiger charge is -2.40. The van der Waals surface area contributed by atoms with Crippen molar-refractivity contribution in [3.8, 4) is 5.75 Å². The summed E-state index contributed by atoms with van der Waals surface area (Å²) in [6.45, 7) is 5.79. The summed E-state index contributed by atoms with van der Waals surface area (Å²) in [5.41, 5.74) is 2.86. The van der Waals surface area contributed by atoms with E-state index in [2.05, 4.69) is 25.2 Å². The second kappa shape index (κ2) is 6.39. The van der Waals surface area contributed by atoms with E-state index in [4.69, 9.17) is 0 Å². The van der Waals surface area contributed by atoms with Crippen LogP contribution in [0.25, 0.3) is 0 Å². The molecule has 1 fully saturated rings. The van der Waals surface area contributed by atoms with Crippen LogP contribution in [0.4, 0.5) is 0 Å². The molecule has 0 aliphatic heterocycles. The van der Waals surface area contributed by atoms with Crippen LogP contribution in [0.15, 0.2) is 18.2 Å². The van der Waals surface area contributed by atoms with Crippen molar-refractivity contribution in [2.75, 3.05) is 6.54 Å². The molecule has 0 aromatic heterocycles. The maximum atomic E-state index is 9.89. The molecule has 2 nitrogen and oxygen atoms in total. The van der Waals surface area contributed by atoms with Crippen molar-refractivity contribution in [2.24, 2.45) is 11.8 Å². The summed E-state index contributed by atoms with van der Waals surface area (Å²) >= 11 is 0. The van der Waals surface area contributed by atoms with E-state index in [1.807, 2.05) is 12.1 Å². The first-order valence-electron chi connectivity index (χ1n) is 8.78. The van der Waals surface area contributed by atoms with E-state index in [0.29, 0.717) is 17.7 Å². The van der Waals surface area contributed by atoms with E-state index in [1.54, 1.807) is 0 Å². The van der Waals surface area contributed by atoms with Gasteiger partial charge in [-0.25, -0.2) is 0 Å². The summed E-state index contributed by atoms with van der Waals surface area (Å²) in [7, 11) is 0. The van der Waals surface area contributed by atoms with Crippen LogP contribution in [0.3, 0.4) is 0 Å². The molecule has 3 unspecified atom stereocenters. The van der Waals surface area contributed by atoms with Gasteiger partial charge in [0.1, 0.15) is 5.75 Å². The molecule has 1 aromatic rings. The highest BCUT2D eigenvalue weighted by atomic mass is 16.3. The van der Waals surface area contributed by atoms with Gasteiger partial charge in [0.2, 0.25) is 0 Å². The molecule has 2 heteroatoms. The summed E-state index contributed by atoms with van der Waals surface area (Å²) in [4.78, 5) is 0. The lowest BCUT2D eigenvalue weighted by molar-refractivity contribution is 0.263. The number of phenolic OH excluding ortho intramolecular Hbond substituents is 1. The lowest BCUT2D eigenvalue weighted by Crippen LogP contribution is -2.45. The van der Waals surface area contributed by atoms with E-state index >= 15 is 0 Å². The molecule has 21 heavy (non-hydrogen) atoms. The third-order valence-electron chi connectivity index (χ3n) is 5.42. The van der Waals surface area contributed by atoms with Gasteiger partial charge in [-0.15, -0.1) is 0 Å². The van der Waals surface area contributed by atoms with E-state index in [-0.39, 0.29) is 0 Å². The molecule has 2 aliphatic carbocycles. The van der Waals surface area contributed by atoms with Crippen LogP contribution < -0.4 is 5.32 Å². The summed E-state index contributed by atoms with van der Waals surface area (Å²) < 4.78 is 0. The number of fused-ring (bicyclic) bond motifs is 1. The monoisotopic (exact) mass is 287 g/mol. The predicted octanol–water partition coefficient (Wildman–Crippen LogP) is 4.23. The zero-order valence-electron chi connectivity index (χ0n) is 13.4. The van der Waals surface area contributed by atoms with E-state index in [1.165, 1.54) is 49.8 Å². The van der Waals surface area contributed by atoms with Gasteiger partial charge >= 0.3 is 0 Å². The molecule has 0 heterocycles. The second-order valence-corrected chi connectivity index (χ2v) is 7.03. The molecular formula is C19H29NO. The van der Waals surface area contributed by atoms with Crippen LogP contribution in [0.1, 0.15) is 63.0 Å². The Hall–Kier alpha value is -1.02. The number of phenols is 1. The van der Waals surface area contributed by atoms with Crippen molar-refractivity contribution >= 4 is 0 Å². The van der Waals surface area contributed by atoms with Crippen molar-refractivity contribution < 1.29 is 5.11 Å². The Labute approximate surface area is 129 Å². The highest BCUT2D eigenvalue weighted by molar-refractivity contribution is 5.40. The fraction of sp³-hybridized carbons (Fsp3) is 0.684. The molecule has 116 valence electrons. The fourth-order valence-electron chi connectivity index (χ4n) is 4.02. The highest BCUT2D eigenvalue weighted by Gasteiger charge is 2.36. The standard InChI is InChI=1S/C19H29NO/c1-3-5-17-18-11-16(21)9-8-15(18)10-14(4-2)19(17)20-12-13-6-7-13/h8-9,11,13-14,17,19-21H,3-7,10,12H2,1-2H3. The van der Waals surface area contributed by atoms with Crippen molar-refractivity contribution in [1.82, 2.24) is 5.32 Å². The third kappa shape index (κ3) is 3.26. The van der Waals surface area contributed by atoms with Gasteiger partial charge in [-0.05, 0) is 73.2 Å². The van der Waals surface area contributed by atoms with Gasteiger partial charge in [-0.1, -0.05) is 32.8 Å². The molecule has 0 radical (unpaired) electrons. The van der Waals surface area contributed by atoms with Crippen molar-refractivity contribution in [3.63, 3.8) is 0 Å². The summed E-state index contributed by atoms with van der Waals surface area (Å²) in [5, 5.41) is 13.8. The lowest BCUT2D eigenvalue weighted by atomic mass is 9.70. The average molecular weight is 287 g/mol.